The Balaban J connectivity index is 1.52. The van der Waals surface area contributed by atoms with Crippen LogP contribution >= 0.6 is 11.3 Å². The Morgan fingerprint density at radius 3 is 2.66 bits per heavy atom. The van der Waals surface area contributed by atoms with E-state index in [1.54, 1.807) is 19.0 Å². The van der Waals surface area contributed by atoms with Gasteiger partial charge in [-0.1, -0.05) is 18.2 Å². The summed E-state index contributed by atoms with van der Waals surface area (Å²) in [6.07, 6.45) is 3.88. The van der Waals surface area contributed by atoms with Gasteiger partial charge in [-0.25, -0.2) is 0 Å². The van der Waals surface area contributed by atoms with Crippen molar-refractivity contribution in [2.45, 2.75) is 45.2 Å². The molecule has 0 N–H and O–H groups in total. The summed E-state index contributed by atoms with van der Waals surface area (Å²) in [6, 6.07) is 11.0. The van der Waals surface area contributed by atoms with E-state index in [9.17, 15) is 9.59 Å². The fourth-order valence-corrected chi connectivity index (χ4v) is 6.15. The summed E-state index contributed by atoms with van der Waals surface area (Å²) >= 11 is 1.85. The SMILES string of the molecule is C[C@H]1N(Cc2cc3ccccc3s2)CCC[C@@]12CCCN(CC(=O)N(C)C)C2=O. The summed E-state index contributed by atoms with van der Waals surface area (Å²) in [5.74, 6) is 0.188. The van der Waals surface area contributed by atoms with Crippen LogP contribution in [-0.4, -0.2) is 66.3 Å². The molecule has 2 aliphatic heterocycles. The normalized spacial score (nSPS) is 25.7. The molecule has 29 heavy (non-hydrogen) atoms. The molecular weight excluding hydrogens is 382 g/mol. The zero-order valence-electron chi connectivity index (χ0n) is 17.7. The zero-order valence-corrected chi connectivity index (χ0v) is 18.5. The summed E-state index contributed by atoms with van der Waals surface area (Å²) < 4.78 is 1.32. The second-order valence-electron chi connectivity index (χ2n) is 8.78. The van der Waals surface area contributed by atoms with Gasteiger partial charge in [0, 0.05) is 42.8 Å². The molecule has 5 nitrogen and oxygen atoms in total. The second kappa shape index (κ2) is 8.07. The molecule has 0 saturated carbocycles. The van der Waals surface area contributed by atoms with Crippen molar-refractivity contribution in [1.82, 2.24) is 14.7 Å². The van der Waals surface area contributed by atoms with Gasteiger partial charge in [0.1, 0.15) is 0 Å². The molecule has 0 radical (unpaired) electrons. The van der Waals surface area contributed by atoms with Crippen LogP contribution in [0.15, 0.2) is 30.3 Å². The topological polar surface area (TPSA) is 43.9 Å². The van der Waals surface area contributed by atoms with Crippen molar-refractivity contribution >= 4 is 33.2 Å². The highest BCUT2D eigenvalue weighted by Gasteiger charge is 2.51. The fourth-order valence-electron chi connectivity index (χ4n) is 5.06. The molecule has 3 heterocycles. The molecule has 2 atom stereocenters. The lowest BCUT2D eigenvalue weighted by molar-refractivity contribution is -0.158. The van der Waals surface area contributed by atoms with E-state index in [1.165, 1.54) is 15.0 Å². The van der Waals surface area contributed by atoms with Gasteiger partial charge in [-0.3, -0.25) is 14.5 Å². The van der Waals surface area contributed by atoms with Gasteiger partial charge in [0.15, 0.2) is 0 Å². The first-order valence-corrected chi connectivity index (χ1v) is 11.4. The molecule has 2 aliphatic rings. The number of carbonyl (C=O) groups excluding carboxylic acids is 2. The van der Waals surface area contributed by atoms with Crippen LogP contribution in [0, 0.1) is 5.41 Å². The standard InChI is InChI=1S/C23H31N3O2S/c1-17-23(11-7-13-26(22(23)28)16-21(27)24(2)3)10-6-12-25(17)15-19-14-18-8-4-5-9-20(18)29-19/h4-5,8-9,14,17H,6-7,10-13,15-16H2,1-3H3/t17-,23-/m1/s1. The highest BCUT2D eigenvalue weighted by atomic mass is 32.1. The maximum atomic E-state index is 13.5. The molecule has 156 valence electrons. The third-order valence-corrected chi connectivity index (χ3v) is 7.94. The van der Waals surface area contributed by atoms with Crippen molar-refractivity contribution in [3.05, 3.63) is 35.2 Å². The number of fused-ring (bicyclic) bond motifs is 1. The van der Waals surface area contributed by atoms with E-state index in [-0.39, 0.29) is 29.8 Å². The fraction of sp³-hybridized carbons (Fsp3) is 0.565. The van der Waals surface area contributed by atoms with Gasteiger partial charge in [0.2, 0.25) is 11.8 Å². The number of benzene rings is 1. The van der Waals surface area contributed by atoms with Gasteiger partial charge < -0.3 is 9.80 Å². The van der Waals surface area contributed by atoms with E-state index in [2.05, 4.69) is 42.2 Å². The molecule has 1 aromatic carbocycles. The Kier molecular flexibility index (Phi) is 5.67. The van der Waals surface area contributed by atoms with Crippen LogP contribution in [0.25, 0.3) is 10.1 Å². The van der Waals surface area contributed by atoms with Gasteiger partial charge in [-0.2, -0.15) is 0 Å². The molecule has 0 bridgehead atoms. The number of carbonyl (C=O) groups is 2. The van der Waals surface area contributed by atoms with E-state index in [4.69, 9.17) is 0 Å². The van der Waals surface area contributed by atoms with E-state index in [0.717, 1.165) is 38.8 Å². The van der Waals surface area contributed by atoms with E-state index in [0.29, 0.717) is 6.54 Å². The van der Waals surface area contributed by atoms with Gasteiger partial charge >= 0.3 is 0 Å². The minimum atomic E-state index is -0.347. The number of nitrogens with zero attached hydrogens (tertiary/aromatic N) is 3. The van der Waals surface area contributed by atoms with Crippen molar-refractivity contribution in [2.75, 3.05) is 33.7 Å². The summed E-state index contributed by atoms with van der Waals surface area (Å²) in [6.45, 7) is 5.05. The smallest absolute Gasteiger partial charge is 0.241 e. The van der Waals surface area contributed by atoms with Crippen LogP contribution in [0.4, 0.5) is 0 Å². The summed E-state index contributed by atoms with van der Waals surface area (Å²) in [5, 5.41) is 1.30. The first-order chi connectivity index (χ1) is 13.9. The molecule has 0 aliphatic carbocycles. The Bertz CT molecular complexity index is 871. The third-order valence-electron chi connectivity index (χ3n) is 6.84. The van der Waals surface area contributed by atoms with Crippen molar-refractivity contribution in [3.8, 4) is 0 Å². The Morgan fingerprint density at radius 2 is 1.93 bits per heavy atom. The first kappa shape index (κ1) is 20.4. The molecule has 2 saturated heterocycles. The highest BCUT2D eigenvalue weighted by Crippen LogP contribution is 2.44. The van der Waals surface area contributed by atoms with Crippen LogP contribution in [0.3, 0.4) is 0 Å². The van der Waals surface area contributed by atoms with Gasteiger partial charge in [0.05, 0.1) is 12.0 Å². The van der Waals surface area contributed by atoms with Crippen LogP contribution < -0.4 is 0 Å². The minimum absolute atomic E-state index is 0.000921. The molecule has 2 amide bonds. The zero-order chi connectivity index (χ0) is 20.6. The molecule has 2 fully saturated rings. The van der Waals surface area contributed by atoms with E-state index in [1.807, 2.05) is 16.2 Å². The van der Waals surface area contributed by atoms with E-state index >= 15 is 0 Å². The summed E-state index contributed by atoms with van der Waals surface area (Å²) in [4.78, 5) is 33.0. The molecule has 2 aromatic rings. The first-order valence-electron chi connectivity index (χ1n) is 10.6. The predicted molar refractivity (Wildman–Crippen MR) is 118 cm³/mol. The van der Waals surface area contributed by atoms with E-state index < -0.39 is 0 Å². The van der Waals surface area contributed by atoms with Crippen molar-refractivity contribution in [2.24, 2.45) is 5.41 Å². The molecule has 1 aromatic heterocycles. The van der Waals surface area contributed by atoms with Crippen LogP contribution in [0.2, 0.25) is 0 Å². The lowest BCUT2D eigenvalue weighted by Gasteiger charge is -2.51. The van der Waals surface area contributed by atoms with Crippen LogP contribution in [-0.2, 0) is 16.1 Å². The number of likely N-dealkylation sites (tertiary alicyclic amines) is 2. The second-order valence-corrected chi connectivity index (χ2v) is 9.94. The number of hydrogen-bond donors (Lipinski definition) is 0. The van der Waals surface area contributed by atoms with Gasteiger partial charge in [-0.15, -0.1) is 11.3 Å². The highest BCUT2D eigenvalue weighted by molar-refractivity contribution is 7.19. The Morgan fingerprint density at radius 1 is 1.21 bits per heavy atom. The molecule has 6 heteroatoms. The largest absolute Gasteiger partial charge is 0.347 e. The lowest BCUT2D eigenvalue weighted by atomic mass is 9.67. The lowest BCUT2D eigenvalue weighted by Crippen LogP contribution is -2.61. The van der Waals surface area contributed by atoms with Crippen LogP contribution in [0.5, 0.6) is 0 Å². The Hall–Kier alpha value is -1.92. The van der Waals surface area contributed by atoms with Crippen molar-refractivity contribution in [1.29, 1.82) is 0 Å². The average molecular weight is 414 g/mol. The number of amides is 2. The number of hydrogen-bond acceptors (Lipinski definition) is 4. The van der Waals surface area contributed by atoms with Crippen molar-refractivity contribution < 1.29 is 9.59 Å². The number of piperidine rings is 2. The number of thiophene rings is 1. The Labute approximate surface area is 177 Å². The molecular formula is C23H31N3O2S. The maximum Gasteiger partial charge on any atom is 0.241 e. The third kappa shape index (κ3) is 3.80. The van der Waals surface area contributed by atoms with Crippen LogP contribution in [0.1, 0.15) is 37.5 Å². The van der Waals surface area contributed by atoms with Crippen molar-refractivity contribution in [3.63, 3.8) is 0 Å². The number of likely N-dealkylation sites (N-methyl/N-ethyl adjacent to an activating group) is 1. The van der Waals surface area contributed by atoms with Gasteiger partial charge in [-0.05, 0) is 56.7 Å². The molecule has 1 spiro atoms. The van der Waals surface area contributed by atoms with Gasteiger partial charge in [0.25, 0.3) is 0 Å². The number of rotatable bonds is 4. The molecule has 4 rings (SSSR count). The average Bonchev–Trinajstić information content (AvgIpc) is 3.11. The quantitative estimate of drug-likeness (QED) is 0.770. The monoisotopic (exact) mass is 413 g/mol. The molecule has 0 unspecified atom stereocenters. The maximum absolute atomic E-state index is 13.5. The minimum Gasteiger partial charge on any atom is -0.347 e. The predicted octanol–water partition coefficient (Wildman–Crippen LogP) is 3.58. The summed E-state index contributed by atoms with van der Waals surface area (Å²) in [5.41, 5.74) is -0.347. The summed E-state index contributed by atoms with van der Waals surface area (Å²) in [7, 11) is 3.50.